The zero-order chi connectivity index (χ0) is 16.2. The Balaban J connectivity index is 1.67. The lowest BCUT2D eigenvalue weighted by molar-refractivity contribution is 0.0467. The number of hydrogen-bond acceptors (Lipinski definition) is 4. The number of hydrogen-bond donors (Lipinski definition) is 0. The van der Waals surface area contributed by atoms with Gasteiger partial charge in [-0.3, -0.25) is 0 Å². The van der Waals surface area contributed by atoms with Crippen molar-refractivity contribution in [3.63, 3.8) is 0 Å². The number of carbonyl (C=O) groups excluding carboxylic acids is 1. The molecule has 3 rings (SSSR count). The second-order valence-electron chi connectivity index (χ2n) is 4.71. The minimum Gasteiger partial charge on any atom is -0.456 e. The third kappa shape index (κ3) is 3.83. The molecule has 0 amide bonds. The molecule has 0 radical (unpaired) electrons. The molecule has 23 heavy (non-hydrogen) atoms. The van der Waals surface area contributed by atoms with Gasteiger partial charge in [-0.25, -0.2) is 14.2 Å². The third-order valence-electron chi connectivity index (χ3n) is 3.09. The molecule has 0 fully saturated rings. The van der Waals surface area contributed by atoms with E-state index in [1.54, 1.807) is 30.3 Å². The zero-order valence-electron chi connectivity index (χ0n) is 11.8. The van der Waals surface area contributed by atoms with Gasteiger partial charge in [0.2, 0.25) is 0 Å². The molecule has 0 unspecified atom stereocenters. The summed E-state index contributed by atoms with van der Waals surface area (Å²) in [4.78, 5) is 16.4. The Morgan fingerprint density at radius 2 is 1.91 bits per heavy atom. The number of rotatable bonds is 4. The molecule has 0 saturated carbocycles. The summed E-state index contributed by atoms with van der Waals surface area (Å²) in [5.41, 5.74) is 1.97. The van der Waals surface area contributed by atoms with Crippen molar-refractivity contribution in [3.05, 3.63) is 75.5 Å². The van der Waals surface area contributed by atoms with Crippen LogP contribution in [0.3, 0.4) is 0 Å². The molecule has 1 aromatic heterocycles. The van der Waals surface area contributed by atoms with Gasteiger partial charge in [-0.1, -0.05) is 12.1 Å². The number of ether oxygens (including phenoxy) is 1. The van der Waals surface area contributed by atoms with E-state index in [9.17, 15) is 9.18 Å². The van der Waals surface area contributed by atoms with Gasteiger partial charge in [-0.05, 0) is 52.3 Å². The van der Waals surface area contributed by atoms with Crippen LogP contribution in [0.5, 0.6) is 0 Å². The molecule has 0 N–H and O–H groups in total. The summed E-state index contributed by atoms with van der Waals surface area (Å²) >= 11 is 4.74. The molecule has 0 saturated heterocycles. The summed E-state index contributed by atoms with van der Waals surface area (Å²) < 4.78 is 18.9. The highest BCUT2D eigenvalue weighted by Gasteiger charge is 2.12. The van der Waals surface area contributed by atoms with Crippen LogP contribution in [-0.2, 0) is 11.3 Å². The van der Waals surface area contributed by atoms with Gasteiger partial charge in [0.15, 0.2) is 0 Å². The minimum absolute atomic E-state index is 0.0951. The van der Waals surface area contributed by atoms with E-state index in [1.165, 1.54) is 23.5 Å². The molecule has 116 valence electrons. The average Bonchev–Trinajstić information content (AvgIpc) is 3.03. The van der Waals surface area contributed by atoms with Crippen molar-refractivity contribution in [2.24, 2.45) is 0 Å². The van der Waals surface area contributed by atoms with Crippen LogP contribution in [0.15, 0.2) is 58.4 Å². The van der Waals surface area contributed by atoms with Crippen molar-refractivity contribution >= 4 is 33.2 Å². The normalized spacial score (nSPS) is 10.5. The van der Waals surface area contributed by atoms with E-state index in [-0.39, 0.29) is 12.4 Å². The standard InChI is InChI=1S/C17H11BrFNO2S/c18-15-4-2-1-3-14(15)17(21)22-9-13-10-23-16(20-13)11-5-7-12(19)8-6-11/h1-8,10H,9H2. The first kappa shape index (κ1) is 15.8. The molecule has 0 atom stereocenters. The van der Waals surface area contributed by atoms with Crippen LogP contribution >= 0.6 is 27.3 Å². The van der Waals surface area contributed by atoms with Crippen LogP contribution in [0, 0.1) is 5.82 Å². The van der Waals surface area contributed by atoms with Crippen molar-refractivity contribution in [1.29, 1.82) is 0 Å². The maximum atomic E-state index is 12.9. The molecular formula is C17H11BrFNO2S. The second-order valence-corrected chi connectivity index (χ2v) is 6.42. The van der Waals surface area contributed by atoms with Crippen LogP contribution in [0.2, 0.25) is 0 Å². The fourth-order valence-electron chi connectivity index (χ4n) is 1.94. The Kier molecular flexibility index (Phi) is 4.83. The predicted octanol–water partition coefficient (Wildman–Crippen LogP) is 5.07. The summed E-state index contributed by atoms with van der Waals surface area (Å²) in [7, 11) is 0. The molecule has 0 aliphatic carbocycles. The quantitative estimate of drug-likeness (QED) is 0.582. The number of halogens is 2. The fourth-order valence-corrected chi connectivity index (χ4v) is 3.20. The largest absolute Gasteiger partial charge is 0.456 e. The summed E-state index contributed by atoms with van der Waals surface area (Å²) in [6.45, 7) is 0.0951. The number of aromatic nitrogens is 1. The van der Waals surface area contributed by atoms with E-state index in [0.717, 1.165) is 10.6 Å². The second kappa shape index (κ2) is 7.02. The summed E-state index contributed by atoms with van der Waals surface area (Å²) in [6, 6.07) is 13.2. The maximum absolute atomic E-state index is 12.9. The first-order chi connectivity index (χ1) is 11.1. The number of esters is 1. The van der Waals surface area contributed by atoms with E-state index in [0.29, 0.717) is 15.7 Å². The van der Waals surface area contributed by atoms with E-state index in [4.69, 9.17) is 4.74 Å². The molecular weight excluding hydrogens is 381 g/mol. The highest BCUT2D eigenvalue weighted by Crippen LogP contribution is 2.24. The van der Waals surface area contributed by atoms with Crippen molar-refractivity contribution in [3.8, 4) is 10.6 Å². The van der Waals surface area contributed by atoms with E-state index in [2.05, 4.69) is 20.9 Å². The van der Waals surface area contributed by atoms with Crippen molar-refractivity contribution in [2.45, 2.75) is 6.61 Å². The van der Waals surface area contributed by atoms with Crippen molar-refractivity contribution in [1.82, 2.24) is 4.98 Å². The lowest BCUT2D eigenvalue weighted by Gasteiger charge is -2.04. The number of nitrogens with zero attached hydrogens (tertiary/aromatic N) is 1. The first-order valence-corrected chi connectivity index (χ1v) is 8.43. The lowest BCUT2D eigenvalue weighted by Crippen LogP contribution is -2.06. The van der Waals surface area contributed by atoms with Gasteiger partial charge in [-0.2, -0.15) is 0 Å². The number of carbonyl (C=O) groups is 1. The molecule has 0 spiro atoms. The van der Waals surface area contributed by atoms with Gasteiger partial charge in [0.25, 0.3) is 0 Å². The zero-order valence-corrected chi connectivity index (χ0v) is 14.2. The predicted molar refractivity (Wildman–Crippen MR) is 90.8 cm³/mol. The van der Waals surface area contributed by atoms with Crippen LogP contribution in [0.25, 0.3) is 10.6 Å². The highest BCUT2D eigenvalue weighted by atomic mass is 79.9. The molecule has 6 heteroatoms. The summed E-state index contributed by atoms with van der Waals surface area (Å²) in [5, 5.41) is 2.59. The third-order valence-corrected chi connectivity index (χ3v) is 4.72. The van der Waals surface area contributed by atoms with Gasteiger partial charge in [0, 0.05) is 15.4 Å². The first-order valence-electron chi connectivity index (χ1n) is 6.75. The summed E-state index contributed by atoms with van der Waals surface area (Å²) in [5.74, 6) is -0.693. The molecule has 0 bridgehead atoms. The van der Waals surface area contributed by atoms with Crippen LogP contribution in [-0.4, -0.2) is 11.0 Å². The monoisotopic (exact) mass is 391 g/mol. The maximum Gasteiger partial charge on any atom is 0.339 e. The van der Waals surface area contributed by atoms with Gasteiger partial charge in [-0.15, -0.1) is 11.3 Å². The summed E-state index contributed by atoms with van der Waals surface area (Å²) in [6.07, 6.45) is 0. The number of thiazole rings is 1. The number of benzene rings is 2. The molecule has 0 aliphatic rings. The molecule has 0 aliphatic heterocycles. The van der Waals surface area contributed by atoms with E-state index >= 15 is 0 Å². The van der Waals surface area contributed by atoms with Gasteiger partial charge in [0.1, 0.15) is 17.4 Å². The lowest BCUT2D eigenvalue weighted by atomic mass is 10.2. The Morgan fingerprint density at radius 3 is 2.65 bits per heavy atom. The molecule has 3 nitrogen and oxygen atoms in total. The smallest absolute Gasteiger partial charge is 0.339 e. The van der Waals surface area contributed by atoms with Gasteiger partial charge < -0.3 is 4.74 Å². The van der Waals surface area contributed by atoms with Crippen molar-refractivity contribution < 1.29 is 13.9 Å². The average molecular weight is 392 g/mol. The fraction of sp³-hybridized carbons (Fsp3) is 0.0588. The molecule has 1 heterocycles. The van der Waals surface area contributed by atoms with E-state index in [1.807, 2.05) is 11.4 Å². The topological polar surface area (TPSA) is 39.2 Å². The highest BCUT2D eigenvalue weighted by molar-refractivity contribution is 9.10. The van der Waals surface area contributed by atoms with Gasteiger partial charge >= 0.3 is 5.97 Å². The Labute approximate surface area is 144 Å². The Morgan fingerprint density at radius 1 is 1.17 bits per heavy atom. The SMILES string of the molecule is O=C(OCc1csc(-c2ccc(F)cc2)n1)c1ccccc1Br. The van der Waals surface area contributed by atoms with Crippen molar-refractivity contribution in [2.75, 3.05) is 0 Å². The van der Waals surface area contributed by atoms with Crippen LogP contribution in [0.4, 0.5) is 4.39 Å². The Bertz CT molecular complexity index is 833. The molecule has 3 aromatic rings. The molecule has 2 aromatic carbocycles. The van der Waals surface area contributed by atoms with Gasteiger partial charge in [0.05, 0.1) is 11.3 Å². The van der Waals surface area contributed by atoms with Crippen LogP contribution < -0.4 is 0 Å². The van der Waals surface area contributed by atoms with E-state index < -0.39 is 5.97 Å². The van der Waals surface area contributed by atoms with Crippen LogP contribution in [0.1, 0.15) is 16.1 Å². The minimum atomic E-state index is -0.409. The Hall–Kier alpha value is -2.05.